The van der Waals surface area contributed by atoms with Crippen molar-refractivity contribution in [3.05, 3.63) is 217 Å². The van der Waals surface area contributed by atoms with Crippen LogP contribution in [0.25, 0.3) is 45.2 Å². The van der Waals surface area contributed by atoms with E-state index >= 15 is 0 Å². The first kappa shape index (κ1) is 35.0. The summed E-state index contributed by atoms with van der Waals surface area (Å²) in [6.07, 6.45) is 8.27. The van der Waals surface area contributed by atoms with Crippen LogP contribution in [0.5, 0.6) is 0 Å². The molecule has 258 valence electrons. The monoisotopic (exact) mass is 685 g/mol. The number of hydrogen-bond donors (Lipinski definition) is 0. The summed E-state index contributed by atoms with van der Waals surface area (Å²) in [6.45, 7) is 19.6. The first-order valence-corrected chi connectivity index (χ1v) is 18.1. The molecule has 53 heavy (non-hydrogen) atoms. The minimum Gasteiger partial charge on any atom is -0.252 e. The van der Waals surface area contributed by atoms with Crippen LogP contribution < -0.4 is 0 Å². The molecule has 2 unspecified atom stereocenters. The molecule has 3 nitrogen and oxygen atoms in total. The van der Waals surface area contributed by atoms with Gasteiger partial charge in [0.05, 0.1) is 22.5 Å². The second kappa shape index (κ2) is 15.0. The highest BCUT2D eigenvalue weighted by molar-refractivity contribution is 6.02. The highest BCUT2D eigenvalue weighted by Crippen LogP contribution is 2.58. The van der Waals surface area contributed by atoms with Gasteiger partial charge in [-0.2, -0.15) is 0 Å². The first-order chi connectivity index (χ1) is 25.9. The van der Waals surface area contributed by atoms with Crippen molar-refractivity contribution in [3.8, 4) is 33.9 Å². The van der Waals surface area contributed by atoms with Crippen LogP contribution in [0, 0.1) is 5.92 Å². The van der Waals surface area contributed by atoms with Crippen LogP contribution in [0.1, 0.15) is 48.6 Å². The van der Waals surface area contributed by atoms with E-state index in [9.17, 15) is 0 Å². The Kier molecular flexibility index (Phi) is 9.92. The maximum absolute atomic E-state index is 5.41. The lowest BCUT2D eigenvalue weighted by Crippen LogP contribution is -2.34. The predicted molar refractivity (Wildman–Crippen MR) is 225 cm³/mol. The molecular weight excluding hydrogens is 643 g/mol. The van der Waals surface area contributed by atoms with Gasteiger partial charge in [0.2, 0.25) is 0 Å². The van der Waals surface area contributed by atoms with Gasteiger partial charge in [-0.25, -0.2) is 9.97 Å². The third kappa shape index (κ3) is 6.47. The lowest BCUT2D eigenvalue weighted by Gasteiger charge is -2.38. The number of hydrogen-bond acceptors (Lipinski definition) is 3. The van der Waals surface area contributed by atoms with E-state index in [1.54, 1.807) is 0 Å². The van der Waals surface area contributed by atoms with Crippen LogP contribution in [-0.4, -0.2) is 15.7 Å². The third-order valence-electron chi connectivity index (χ3n) is 10.2. The summed E-state index contributed by atoms with van der Waals surface area (Å²) < 4.78 is 0. The number of aromatic nitrogens is 2. The van der Waals surface area contributed by atoms with Crippen molar-refractivity contribution in [2.45, 2.75) is 26.2 Å². The number of benzene rings is 5. The van der Waals surface area contributed by atoms with E-state index in [0.717, 1.165) is 72.9 Å². The van der Waals surface area contributed by atoms with Crippen molar-refractivity contribution >= 4 is 17.0 Å². The minimum absolute atomic E-state index is 0.0144. The Morgan fingerprint density at radius 2 is 1.26 bits per heavy atom. The topological polar surface area (TPSA) is 38.1 Å². The summed E-state index contributed by atoms with van der Waals surface area (Å²) in [6, 6.07) is 47.9. The van der Waals surface area contributed by atoms with Gasteiger partial charge in [0.15, 0.2) is 5.82 Å². The molecule has 0 aliphatic heterocycles. The number of fused-ring (bicyclic) bond motifs is 3. The fourth-order valence-corrected chi connectivity index (χ4v) is 7.54. The van der Waals surface area contributed by atoms with E-state index in [1.807, 2.05) is 62.4 Å². The Bertz CT molecular complexity index is 2400. The molecule has 0 radical (unpaired) electrons. The van der Waals surface area contributed by atoms with E-state index in [-0.39, 0.29) is 5.92 Å². The number of nitrogens with zero attached hydrogens (tertiary/aromatic N) is 3. The molecule has 5 aromatic carbocycles. The number of allylic oxidation sites excluding steroid dienone is 6. The number of rotatable bonds is 11. The lowest BCUT2D eigenvalue weighted by atomic mass is 9.64. The van der Waals surface area contributed by atoms with Crippen LogP contribution in [0.4, 0.5) is 0 Å². The molecule has 0 bridgehead atoms. The standard InChI is InChI=1S/C50H43N3/c1-7-20-36(5)50(35(4)8-2)44-28-19-18-27-43(44)48-46(50)47(41-25-16-11-17-26-41)52-49(53-48)42-31-29-40(30-32-42)45(33-34(3)38-21-12-9-13-22-38)51-37(6)39-23-14-10-15-24-39/h7-33,35H,2-3,5H2,1,4,6H3/b20-7-,45-33-,51-37+. The quantitative estimate of drug-likeness (QED) is 0.0773. The summed E-state index contributed by atoms with van der Waals surface area (Å²) in [5, 5.41) is 0. The molecule has 2 atom stereocenters. The second-order valence-electron chi connectivity index (χ2n) is 13.5. The molecule has 0 amide bonds. The highest BCUT2D eigenvalue weighted by Gasteiger charge is 2.50. The maximum Gasteiger partial charge on any atom is 0.160 e. The van der Waals surface area contributed by atoms with E-state index in [1.165, 1.54) is 5.56 Å². The van der Waals surface area contributed by atoms with Crippen molar-refractivity contribution in [2.75, 3.05) is 0 Å². The molecular formula is C50H43N3. The average molecular weight is 686 g/mol. The van der Waals surface area contributed by atoms with Crippen LogP contribution in [0.15, 0.2) is 194 Å². The molecule has 6 aromatic rings. The summed E-state index contributed by atoms with van der Waals surface area (Å²) >= 11 is 0. The Balaban J connectivity index is 1.40. The zero-order valence-corrected chi connectivity index (χ0v) is 30.6. The fourth-order valence-electron chi connectivity index (χ4n) is 7.54. The molecule has 0 N–H and O–H groups in total. The lowest BCUT2D eigenvalue weighted by molar-refractivity contribution is 0.492. The average Bonchev–Trinajstić information content (AvgIpc) is 3.52. The Labute approximate surface area is 313 Å². The summed E-state index contributed by atoms with van der Waals surface area (Å²) in [5.41, 5.74) is 13.2. The molecule has 1 aliphatic rings. The van der Waals surface area contributed by atoms with Crippen LogP contribution >= 0.6 is 0 Å². The Morgan fingerprint density at radius 1 is 0.679 bits per heavy atom. The van der Waals surface area contributed by atoms with E-state index < -0.39 is 5.41 Å². The van der Waals surface area contributed by atoms with Crippen molar-refractivity contribution in [1.29, 1.82) is 0 Å². The molecule has 0 spiro atoms. The summed E-state index contributed by atoms with van der Waals surface area (Å²) in [7, 11) is 0. The first-order valence-electron chi connectivity index (χ1n) is 18.1. The van der Waals surface area contributed by atoms with Crippen LogP contribution in [0.3, 0.4) is 0 Å². The molecule has 7 rings (SSSR count). The molecule has 1 heterocycles. The molecule has 1 aliphatic carbocycles. The van der Waals surface area contributed by atoms with Gasteiger partial charge in [0, 0.05) is 33.5 Å². The van der Waals surface area contributed by atoms with Gasteiger partial charge < -0.3 is 0 Å². The summed E-state index contributed by atoms with van der Waals surface area (Å²) in [5.74, 6) is 0.673. The van der Waals surface area contributed by atoms with E-state index in [0.29, 0.717) is 5.82 Å². The zero-order chi connectivity index (χ0) is 37.0. The number of aliphatic imine (C=N–C) groups is 1. The molecule has 0 saturated heterocycles. The van der Waals surface area contributed by atoms with Crippen molar-refractivity contribution < 1.29 is 0 Å². The van der Waals surface area contributed by atoms with Gasteiger partial charge in [-0.1, -0.05) is 178 Å². The smallest absolute Gasteiger partial charge is 0.160 e. The molecule has 3 heteroatoms. The van der Waals surface area contributed by atoms with Crippen LogP contribution in [-0.2, 0) is 5.41 Å². The van der Waals surface area contributed by atoms with Gasteiger partial charge in [-0.15, -0.1) is 6.58 Å². The Hall–Kier alpha value is -6.45. The van der Waals surface area contributed by atoms with Crippen LogP contribution in [0.2, 0.25) is 0 Å². The largest absolute Gasteiger partial charge is 0.252 e. The molecule has 0 fully saturated rings. The SMILES string of the molecule is C=CC(C)C1(C(=C)/C=C\C)c2ccccc2-c2nc(-c3ccc(C(=C/C(=C)c4ccccc4)/N=C(\C)c4ccccc4)cc3)nc(-c3ccccc3)c21. The fraction of sp³-hybridized carbons (Fsp3) is 0.100. The Morgan fingerprint density at radius 3 is 1.91 bits per heavy atom. The van der Waals surface area contributed by atoms with E-state index in [2.05, 4.69) is 142 Å². The normalized spacial score (nSPS) is 15.8. The highest BCUT2D eigenvalue weighted by atomic mass is 14.9. The van der Waals surface area contributed by atoms with Gasteiger partial charge in [0.1, 0.15) is 0 Å². The van der Waals surface area contributed by atoms with Gasteiger partial charge in [-0.3, -0.25) is 4.99 Å². The zero-order valence-electron chi connectivity index (χ0n) is 30.6. The van der Waals surface area contributed by atoms with Crippen molar-refractivity contribution in [2.24, 2.45) is 10.9 Å². The van der Waals surface area contributed by atoms with Crippen molar-refractivity contribution in [1.82, 2.24) is 9.97 Å². The van der Waals surface area contributed by atoms with Gasteiger partial charge >= 0.3 is 0 Å². The second-order valence-corrected chi connectivity index (χ2v) is 13.5. The van der Waals surface area contributed by atoms with Crippen molar-refractivity contribution in [3.63, 3.8) is 0 Å². The molecule has 0 saturated carbocycles. The maximum atomic E-state index is 5.41. The van der Waals surface area contributed by atoms with Gasteiger partial charge in [0.25, 0.3) is 0 Å². The van der Waals surface area contributed by atoms with Gasteiger partial charge in [-0.05, 0) is 53.7 Å². The predicted octanol–water partition coefficient (Wildman–Crippen LogP) is 12.6. The summed E-state index contributed by atoms with van der Waals surface area (Å²) in [4.78, 5) is 15.9. The minimum atomic E-state index is -0.594. The van der Waals surface area contributed by atoms with E-state index in [4.69, 9.17) is 15.0 Å². The third-order valence-corrected chi connectivity index (χ3v) is 10.2. The molecule has 1 aromatic heterocycles.